The highest BCUT2D eigenvalue weighted by atomic mass is 19.1. The normalized spacial score (nSPS) is 16.7. The third-order valence-electron chi connectivity index (χ3n) is 2.02. The first-order chi connectivity index (χ1) is 7.20. The molecule has 1 aliphatic heterocycles. The van der Waals surface area contributed by atoms with E-state index >= 15 is 0 Å². The fourth-order valence-electron chi connectivity index (χ4n) is 1.49. The van der Waals surface area contributed by atoms with Gasteiger partial charge in [0.2, 0.25) is 0 Å². The number of fused-ring (bicyclic) bond motifs is 1. The van der Waals surface area contributed by atoms with Crippen LogP contribution in [0.4, 0.5) is 15.8 Å². The molecule has 0 aliphatic carbocycles. The molecule has 0 spiro atoms. The molecule has 15 heavy (non-hydrogen) atoms. The Morgan fingerprint density at radius 2 is 1.93 bits per heavy atom. The van der Waals surface area contributed by atoms with Gasteiger partial charge in [-0.1, -0.05) is 13.8 Å². The summed E-state index contributed by atoms with van der Waals surface area (Å²) >= 11 is 0. The molecule has 0 fully saturated rings. The van der Waals surface area contributed by atoms with Crippen LogP contribution in [0.1, 0.15) is 20.8 Å². The fourth-order valence-corrected chi connectivity index (χ4v) is 1.49. The van der Waals surface area contributed by atoms with Crippen molar-refractivity contribution >= 4 is 11.4 Å². The SMILES string of the molecule is CC.COc1cc(F)cc2c1NC(C)N2. The predicted octanol–water partition coefficient (Wildman–Crippen LogP) is 3.04. The van der Waals surface area contributed by atoms with Crippen LogP contribution < -0.4 is 15.4 Å². The molecule has 1 atom stereocenters. The Hall–Kier alpha value is -1.45. The lowest BCUT2D eigenvalue weighted by molar-refractivity contribution is 0.413. The topological polar surface area (TPSA) is 33.3 Å². The number of benzene rings is 1. The predicted molar refractivity (Wildman–Crippen MR) is 61.0 cm³/mol. The molecule has 0 bridgehead atoms. The van der Waals surface area contributed by atoms with Crippen LogP contribution in [0.25, 0.3) is 0 Å². The Morgan fingerprint density at radius 3 is 2.53 bits per heavy atom. The second-order valence-electron chi connectivity index (χ2n) is 3.04. The van der Waals surface area contributed by atoms with Crippen molar-refractivity contribution in [3.63, 3.8) is 0 Å². The molecular formula is C11H17FN2O. The van der Waals surface area contributed by atoms with Crippen LogP contribution in [0.15, 0.2) is 12.1 Å². The molecule has 3 nitrogen and oxygen atoms in total. The first kappa shape index (κ1) is 11.6. The van der Waals surface area contributed by atoms with Gasteiger partial charge in [0.1, 0.15) is 17.3 Å². The van der Waals surface area contributed by atoms with Gasteiger partial charge in [-0.25, -0.2) is 4.39 Å². The summed E-state index contributed by atoms with van der Waals surface area (Å²) in [6.07, 6.45) is 0.116. The van der Waals surface area contributed by atoms with Crippen molar-refractivity contribution in [2.75, 3.05) is 17.7 Å². The molecule has 1 unspecified atom stereocenters. The van der Waals surface area contributed by atoms with Gasteiger partial charge in [0.15, 0.2) is 0 Å². The van der Waals surface area contributed by atoms with E-state index in [0.29, 0.717) is 5.75 Å². The number of hydrogen-bond acceptors (Lipinski definition) is 3. The lowest BCUT2D eigenvalue weighted by atomic mass is 10.2. The maximum atomic E-state index is 13.0. The zero-order valence-electron chi connectivity index (χ0n) is 9.52. The van der Waals surface area contributed by atoms with Crippen molar-refractivity contribution in [1.82, 2.24) is 0 Å². The van der Waals surface area contributed by atoms with Gasteiger partial charge in [0, 0.05) is 6.07 Å². The zero-order valence-corrected chi connectivity index (χ0v) is 9.52. The van der Waals surface area contributed by atoms with Crippen LogP contribution in [0, 0.1) is 5.82 Å². The number of rotatable bonds is 1. The van der Waals surface area contributed by atoms with E-state index in [1.807, 2.05) is 20.8 Å². The molecule has 0 amide bonds. The minimum Gasteiger partial charge on any atom is -0.494 e. The number of anilines is 2. The van der Waals surface area contributed by atoms with Gasteiger partial charge in [0.05, 0.1) is 19.0 Å². The average molecular weight is 212 g/mol. The lowest BCUT2D eigenvalue weighted by Crippen LogP contribution is -2.16. The molecule has 84 valence electrons. The van der Waals surface area contributed by atoms with E-state index in [4.69, 9.17) is 4.74 Å². The third kappa shape index (κ3) is 2.32. The molecule has 1 heterocycles. The van der Waals surface area contributed by atoms with Gasteiger partial charge in [-0.2, -0.15) is 0 Å². The summed E-state index contributed by atoms with van der Waals surface area (Å²) in [6.45, 7) is 5.96. The molecule has 1 aliphatic rings. The number of hydrogen-bond donors (Lipinski definition) is 2. The summed E-state index contributed by atoms with van der Waals surface area (Å²) in [5, 5.41) is 6.22. The maximum absolute atomic E-state index is 13.0. The lowest BCUT2D eigenvalue weighted by Gasteiger charge is -2.06. The summed E-state index contributed by atoms with van der Waals surface area (Å²) in [4.78, 5) is 0. The Labute approximate surface area is 89.6 Å². The summed E-state index contributed by atoms with van der Waals surface area (Å²) in [7, 11) is 1.53. The fraction of sp³-hybridized carbons (Fsp3) is 0.455. The first-order valence-electron chi connectivity index (χ1n) is 5.11. The summed E-state index contributed by atoms with van der Waals surface area (Å²) in [6, 6.07) is 2.82. The minimum atomic E-state index is -0.293. The zero-order chi connectivity index (χ0) is 11.4. The summed E-state index contributed by atoms with van der Waals surface area (Å²) < 4.78 is 18.0. The van der Waals surface area contributed by atoms with Crippen LogP contribution in [0.3, 0.4) is 0 Å². The largest absolute Gasteiger partial charge is 0.494 e. The van der Waals surface area contributed by atoms with E-state index in [1.54, 1.807) is 0 Å². The van der Waals surface area contributed by atoms with E-state index in [1.165, 1.54) is 19.2 Å². The molecule has 0 aromatic heterocycles. The Balaban J connectivity index is 0.000000531. The highest BCUT2D eigenvalue weighted by Gasteiger charge is 2.20. The Bertz CT molecular complexity index is 342. The van der Waals surface area contributed by atoms with Crippen molar-refractivity contribution in [1.29, 1.82) is 0 Å². The number of ether oxygens (including phenoxy) is 1. The monoisotopic (exact) mass is 212 g/mol. The number of halogens is 1. The highest BCUT2D eigenvalue weighted by molar-refractivity contribution is 5.80. The van der Waals surface area contributed by atoms with Gasteiger partial charge in [-0.05, 0) is 13.0 Å². The second-order valence-corrected chi connectivity index (χ2v) is 3.04. The minimum absolute atomic E-state index is 0.116. The third-order valence-corrected chi connectivity index (χ3v) is 2.02. The molecule has 2 N–H and O–H groups in total. The highest BCUT2D eigenvalue weighted by Crippen LogP contribution is 2.38. The van der Waals surface area contributed by atoms with E-state index in [2.05, 4.69) is 10.6 Å². The Kier molecular flexibility index (Phi) is 3.77. The molecule has 0 saturated heterocycles. The van der Waals surface area contributed by atoms with E-state index in [-0.39, 0.29) is 12.0 Å². The number of nitrogens with one attached hydrogen (secondary N) is 2. The van der Waals surface area contributed by atoms with Gasteiger partial charge in [-0.15, -0.1) is 0 Å². The molecule has 4 heteroatoms. The van der Waals surface area contributed by atoms with E-state index < -0.39 is 0 Å². The van der Waals surface area contributed by atoms with Gasteiger partial charge in [0.25, 0.3) is 0 Å². The van der Waals surface area contributed by atoms with Crippen LogP contribution in [-0.2, 0) is 0 Å². The van der Waals surface area contributed by atoms with Crippen LogP contribution in [0.2, 0.25) is 0 Å². The molecule has 2 rings (SSSR count). The molecule has 0 saturated carbocycles. The molecular weight excluding hydrogens is 195 g/mol. The van der Waals surface area contributed by atoms with Gasteiger partial charge >= 0.3 is 0 Å². The van der Waals surface area contributed by atoms with Crippen LogP contribution in [0.5, 0.6) is 5.75 Å². The van der Waals surface area contributed by atoms with E-state index in [0.717, 1.165) is 11.4 Å². The van der Waals surface area contributed by atoms with Crippen molar-refractivity contribution in [2.45, 2.75) is 26.9 Å². The Morgan fingerprint density at radius 1 is 1.27 bits per heavy atom. The van der Waals surface area contributed by atoms with Crippen molar-refractivity contribution in [3.8, 4) is 5.75 Å². The maximum Gasteiger partial charge on any atom is 0.147 e. The second kappa shape index (κ2) is 4.87. The van der Waals surface area contributed by atoms with E-state index in [9.17, 15) is 4.39 Å². The van der Waals surface area contributed by atoms with Crippen molar-refractivity contribution < 1.29 is 9.13 Å². The number of methoxy groups -OCH3 is 1. The van der Waals surface area contributed by atoms with Crippen LogP contribution in [-0.4, -0.2) is 13.3 Å². The standard InChI is InChI=1S/C9H11FN2O.C2H6/c1-5-11-7-3-6(10)4-8(13-2)9(7)12-5;1-2/h3-5,11-12H,1-2H3;1-2H3. The summed E-state index contributed by atoms with van der Waals surface area (Å²) in [5.74, 6) is 0.242. The molecule has 1 aromatic carbocycles. The van der Waals surface area contributed by atoms with Crippen molar-refractivity contribution in [2.24, 2.45) is 0 Å². The van der Waals surface area contributed by atoms with Crippen LogP contribution >= 0.6 is 0 Å². The molecule has 1 aromatic rings. The van der Waals surface area contributed by atoms with Gasteiger partial charge < -0.3 is 15.4 Å². The molecule has 0 radical (unpaired) electrons. The summed E-state index contributed by atoms with van der Waals surface area (Å²) in [5.41, 5.74) is 1.58. The average Bonchev–Trinajstić information content (AvgIpc) is 2.60. The van der Waals surface area contributed by atoms with Gasteiger partial charge in [-0.3, -0.25) is 0 Å². The smallest absolute Gasteiger partial charge is 0.147 e. The quantitative estimate of drug-likeness (QED) is 0.750. The first-order valence-corrected chi connectivity index (χ1v) is 5.11. The van der Waals surface area contributed by atoms with Crippen molar-refractivity contribution in [3.05, 3.63) is 17.9 Å².